The Morgan fingerprint density at radius 1 is 1.24 bits per heavy atom. The predicted molar refractivity (Wildman–Crippen MR) is 87.5 cm³/mol. The standard InChI is InChI=1S/C17H25N3O/c1-5-6-11-18-17-19-14(4)12-20(17)15-7-9-16(10-8-15)21-13(2)3/h7-10,12-13H,5-6,11H2,1-4H3,(H,18,19). The number of aryl methyl sites for hydroxylation is 1. The normalized spacial score (nSPS) is 10.9. The Balaban J connectivity index is 2.16. The van der Waals surface area contributed by atoms with E-state index in [9.17, 15) is 0 Å². The molecule has 1 aromatic heterocycles. The number of nitrogens with zero attached hydrogens (tertiary/aromatic N) is 2. The SMILES string of the molecule is CCCCNc1nc(C)cn1-c1ccc(OC(C)C)cc1. The maximum Gasteiger partial charge on any atom is 0.207 e. The highest BCUT2D eigenvalue weighted by molar-refractivity contribution is 5.45. The maximum absolute atomic E-state index is 5.68. The van der Waals surface area contributed by atoms with Crippen LogP contribution in [0.3, 0.4) is 0 Å². The second kappa shape index (κ2) is 7.16. The zero-order chi connectivity index (χ0) is 15.2. The van der Waals surface area contributed by atoms with Crippen molar-refractivity contribution < 1.29 is 4.74 Å². The number of anilines is 1. The lowest BCUT2D eigenvalue weighted by molar-refractivity contribution is 0.242. The number of unbranched alkanes of at least 4 members (excludes halogenated alkanes) is 1. The van der Waals surface area contributed by atoms with Gasteiger partial charge in [-0.05, 0) is 51.5 Å². The van der Waals surface area contributed by atoms with E-state index < -0.39 is 0 Å². The highest BCUT2D eigenvalue weighted by Crippen LogP contribution is 2.20. The molecule has 2 rings (SSSR count). The van der Waals surface area contributed by atoms with E-state index in [1.54, 1.807) is 0 Å². The molecule has 1 heterocycles. The van der Waals surface area contributed by atoms with E-state index in [2.05, 4.69) is 33.9 Å². The predicted octanol–water partition coefficient (Wildman–Crippen LogP) is 4.18. The minimum absolute atomic E-state index is 0.192. The van der Waals surface area contributed by atoms with Gasteiger partial charge in [0.15, 0.2) is 0 Å². The average molecular weight is 287 g/mol. The van der Waals surface area contributed by atoms with Gasteiger partial charge in [0.1, 0.15) is 5.75 Å². The Morgan fingerprint density at radius 2 is 1.95 bits per heavy atom. The van der Waals surface area contributed by atoms with Gasteiger partial charge in [-0.2, -0.15) is 0 Å². The molecule has 0 aliphatic carbocycles. The molecule has 0 saturated heterocycles. The van der Waals surface area contributed by atoms with Crippen molar-refractivity contribution in [2.24, 2.45) is 0 Å². The number of hydrogen-bond acceptors (Lipinski definition) is 3. The lowest BCUT2D eigenvalue weighted by Gasteiger charge is -2.12. The summed E-state index contributed by atoms with van der Waals surface area (Å²) in [6.45, 7) is 9.21. The molecule has 114 valence electrons. The van der Waals surface area contributed by atoms with E-state index in [1.165, 1.54) is 6.42 Å². The fourth-order valence-electron chi connectivity index (χ4n) is 2.15. The summed E-state index contributed by atoms with van der Waals surface area (Å²) in [7, 11) is 0. The summed E-state index contributed by atoms with van der Waals surface area (Å²) in [6.07, 6.45) is 4.56. The first-order valence-electron chi connectivity index (χ1n) is 7.67. The van der Waals surface area contributed by atoms with Gasteiger partial charge in [0.25, 0.3) is 0 Å². The summed E-state index contributed by atoms with van der Waals surface area (Å²) in [5.41, 5.74) is 2.10. The highest BCUT2D eigenvalue weighted by Gasteiger charge is 2.07. The second-order valence-electron chi connectivity index (χ2n) is 5.52. The van der Waals surface area contributed by atoms with Gasteiger partial charge in [0.05, 0.1) is 11.8 Å². The molecule has 0 aliphatic rings. The molecule has 0 amide bonds. The number of hydrogen-bond donors (Lipinski definition) is 1. The first-order valence-corrected chi connectivity index (χ1v) is 7.67. The van der Waals surface area contributed by atoms with Crippen LogP contribution in [0.4, 0.5) is 5.95 Å². The van der Waals surface area contributed by atoms with E-state index in [4.69, 9.17) is 4.74 Å². The second-order valence-corrected chi connectivity index (χ2v) is 5.52. The van der Waals surface area contributed by atoms with Crippen LogP contribution in [0.25, 0.3) is 5.69 Å². The molecule has 0 radical (unpaired) electrons. The summed E-state index contributed by atoms with van der Waals surface area (Å²) in [5, 5.41) is 3.40. The number of imidazole rings is 1. The van der Waals surface area contributed by atoms with Crippen LogP contribution in [-0.2, 0) is 0 Å². The van der Waals surface area contributed by atoms with Crippen molar-refractivity contribution in [1.82, 2.24) is 9.55 Å². The molecular weight excluding hydrogens is 262 g/mol. The van der Waals surface area contributed by atoms with Crippen molar-refractivity contribution in [3.8, 4) is 11.4 Å². The lowest BCUT2D eigenvalue weighted by atomic mass is 10.3. The molecular formula is C17H25N3O. The summed E-state index contributed by atoms with van der Waals surface area (Å²) in [6, 6.07) is 8.12. The number of ether oxygens (including phenoxy) is 1. The van der Waals surface area contributed by atoms with Gasteiger partial charge in [-0.3, -0.25) is 4.57 Å². The van der Waals surface area contributed by atoms with Crippen LogP contribution in [0.2, 0.25) is 0 Å². The zero-order valence-corrected chi connectivity index (χ0v) is 13.4. The fourth-order valence-corrected chi connectivity index (χ4v) is 2.15. The number of rotatable bonds is 7. The van der Waals surface area contributed by atoms with Gasteiger partial charge < -0.3 is 10.1 Å². The van der Waals surface area contributed by atoms with E-state index in [1.807, 2.05) is 39.1 Å². The molecule has 0 unspecified atom stereocenters. The monoisotopic (exact) mass is 287 g/mol. The van der Waals surface area contributed by atoms with Crippen molar-refractivity contribution in [3.63, 3.8) is 0 Å². The molecule has 21 heavy (non-hydrogen) atoms. The van der Waals surface area contributed by atoms with Crippen molar-refractivity contribution in [1.29, 1.82) is 0 Å². The van der Waals surface area contributed by atoms with Crippen molar-refractivity contribution >= 4 is 5.95 Å². The molecule has 2 aromatic rings. The third-order valence-electron chi connectivity index (χ3n) is 3.13. The Morgan fingerprint density at radius 3 is 2.57 bits per heavy atom. The van der Waals surface area contributed by atoms with Crippen LogP contribution in [-0.4, -0.2) is 22.2 Å². The fraction of sp³-hybridized carbons (Fsp3) is 0.471. The molecule has 0 spiro atoms. The van der Waals surface area contributed by atoms with Crippen LogP contribution in [0.5, 0.6) is 5.75 Å². The topological polar surface area (TPSA) is 39.1 Å². The first kappa shape index (κ1) is 15.4. The van der Waals surface area contributed by atoms with E-state index in [-0.39, 0.29) is 6.10 Å². The minimum atomic E-state index is 0.192. The third kappa shape index (κ3) is 4.25. The molecule has 1 N–H and O–H groups in total. The van der Waals surface area contributed by atoms with Gasteiger partial charge in [-0.1, -0.05) is 13.3 Å². The van der Waals surface area contributed by atoms with Gasteiger partial charge in [-0.25, -0.2) is 4.98 Å². The molecule has 0 fully saturated rings. The number of nitrogens with one attached hydrogen (secondary N) is 1. The quantitative estimate of drug-likeness (QED) is 0.776. The van der Waals surface area contributed by atoms with E-state index in [0.29, 0.717) is 0 Å². The Kier molecular flexibility index (Phi) is 5.26. The molecule has 4 nitrogen and oxygen atoms in total. The van der Waals surface area contributed by atoms with Crippen LogP contribution >= 0.6 is 0 Å². The summed E-state index contributed by atoms with van der Waals surface area (Å²) < 4.78 is 7.77. The summed E-state index contributed by atoms with van der Waals surface area (Å²) in [5.74, 6) is 1.80. The van der Waals surface area contributed by atoms with E-state index >= 15 is 0 Å². The minimum Gasteiger partial charge on any atom is -0.491 e. The Bertz CT molecular complexity index is 558. The smallest absolute Gasteiger partial charge is 0.207 e. The largest absolute Gasteiger partial charge is 0.491 e. The Hall–Kier alpha value is -1.97. The summed E-state index contributed by atoms with van der Waals surface area (Å²) >= 11 is 0. The van der Waals surface area contributed by atoms with Gasteiger partial charge in [0.2, 0.25) is 5.95 Å². The molecule has 0 atom stereocenters. The molecule has 1 aromatic carbocycles. The van der Waals surface area contributed by atoms with Crippen molar-refractivity contribution in [2.45, 2.75) is 46.6 Å². The lowest BCUT2D eigenvalue weighted by Crippen LogP contribution is -2.08. The Labute approximate surface area is 127 Å². The molecule has 0 aliphatic heterocycles. The zero-order valence-electron chi connectivity index (χ0n) is 13.4. The number of aromatic nitrogens is 2. The molecule has 0 bridgehead atoms. The van der Waals surface area contributed by atoms with Crippen LogP contribution in [0, 0.1) is 6.92 Å². The molecule has 4 heteroatoms. The highest BCUT2D eigenvalue weighted by atomic mass is 16.5. The van der Waals surface area contributed by atoms with Crippen LogP contribution < -0.4 is 10.1 Å². The van der Waals surface area contributed by atoms with Crippen molar-refractivity contribution in [2.75, 3.05) is 11.9 Å². The van der Waals surface area contributed by atoms with E-state index in [0.717, 1.165) is 36.0 Å². The van der Waals surface area contributed by atoms with Crippen LogP contribution in [0.1, 0.15) is 39.3 Å². The van der Waals surface area contributed by atoms with Gasteiger partial charge in [-0.15, -0.1) is 0 Å². The van der Waals surface area contributed by atoms with Gasteiger partial charge >= 0.3 is 0 Å². The number of benzene rings is 1. The van der Waals surface area contributed by atoms with Crippen LogP contribution in [0.15, 0.2) is 30.5 Å². The van der Waals surface area contributed by atoms with Gasteiger partial charge in [0, 0.05) is 18.4 Å². The third-order valence-corrected chi connectivity index (χ3v) is 3.13. The molecule has 0 saturated carbocycles. The average Bonchev–Trinajstić information content (AvgIpc) is 2.80. The first-order chi connectivity index (χ1) is 10.1. The van der Waals surface area contributed by atoms with Crippen molar-refractivity contribution in [3.05, 3.63) is 36.2 Å². The summed E-state index contributed by atoms with van der Waals surface area (Å²) in [4.78, 5) is 4.55. The maximum atomic E-state index is 5.68.